The summed E-state index contributed by atoms with van der Waals surface area (Å²) >= 11 is 0. The zero-order chi connectivity index (χ0) is 17.5. The number of aromatic nitrogens is 4. The van der Waals surface area contributed by atoms with Gasteiger partial charge in [0.1, 0.15) is 6.33 Å². The van der Waals surface area contributed by atoms with Crippen molar-refractivity contribution in [3.05, 3.63) is 72.1 Å². The highest BCUT2D eigenvalue weighted by Gasteiger charge is 2.16. The zero-order valence-corrected chi connectivity index (χ0v) is 13.8. The summed E-state index contributed by atoms with van der Waals surface area (Å²) in [4.78, 5) is 14.7. The molecule has 0 fully saturated rings. The fourth-order valence-electron chi connectivity index (χ4n) is 2.56. The Kier molecular flexibility index (Phi) is 5.48. The summed E-state index contributed by atoms with van der Waals surface area (Å²) in [5.74, 6) is -0.0134. The van der Waals surface area contributed by atoms with E-state index in [0.29, 0.717) is 25.2 Å². The van der Waals surface area contributed by atoms with E-state index < -0.39 is 0 Å². The van der Waals surface area contributed by atoms with E-state index in [1.54, 1.807) is 16.8 Å². The number of hydrogen-bond donors (Lipinski definition) is 1. The molecule has 0 radical (unpaired) electrons. The number of nitrogens with zero attached hydrogens (tertiary/aromatic N) is 5. The molecule has 0 spiro atoms. The summed E-state index contributed by atoms with van der Waals surface area (Å²) in [6.45, 7) is 1.74. The Bertz CT molecular complexity index is 786. The number of hydrogen-bond acceptors (Lipinski definition) is 5. The molecule has 0 aliphatic rings. The summed E-state index contributed by atoms with van der Waals surface area (Å²) in [5, 5.41) is 11.1. The van der Waals surface area contributed by atoms with Crippen molar-refractivity contribution in [3.8, 4) is 5.69 Å². The zero-order valence-electron chi connectivity index (χ0n) is 13.8. The Morgan fingerprint density at radius 2 is 1.84 bits per heavy atom. The SMILES string of the molecule is NCCCN(Cc1ccccc1)C(=O)c1ccc(-n2cnnn2)cc1. The third kappa shape index (κ3) is 4.27. The summed E-state index contributed by atoms with van der Waals surface area (Å²) < 4.78 is 1.55. The summed E-state index contributed by atoms with van der Waals surface area (Å²) in [6.07, 6.45) is 2.28. The third-order valence-corrected chi connectivity index (χ3v) is 3.86. The van der Waals surface area contributed by atoms with Crippen LogP contribution in [0, 0.1) is 0 Å². The molecule has 0 saturated heterocycles. The van der Waals surface area contributed by atoms with Gasteiger partial charge in [-0.15, -0.1) is 5.10 Å². The van der Waals surface area contributed by atoms with Crippen LogP contribution in [0.4, 0.5) is 0 Å². The molecule has 0 atom stereocenters. The van der Waals surface area contributed by atoms with Gasteiger partial charge in [-0.2, -0.15) is 0 Å². The van der Waals surface area contributed by atoms with Crippen molar-refractivity contribution in [1.29, 1.82) is 0 Å². The summed E-state index contributed by atoms with van der Waals surface area (Å²) in [5.41, 5.74) is 8.15. The Labute approximate surface area is 146 Å². The molecule has 0 bridgehead atoms. The molecule has 3 rings (SSSR count). The van der Waals surface area contributed by atoms with E-state index in [1.807, 2.05) is 47.4 Å². The maximum Gasteiger partial charge on any atom is 0.254 e. The molecule has 2 aromatic carbocycles. The maximum atomic E-state index is 12.9. The first-order valence-electron chi connectivity index (χ1n) is 8.14. The normalized spacial score (nSPS) is 10.6. The van der Waals surface area contributed by atoms with Crippen molar-refractivity contribution in [2.24, 2.45) is 5.73 Å². The van der Waals surface area contributed by atoms with Gasteiger partial charge in [0.15, 0.2) is 0 Å². The van der Waals surface area contributed by atoms with Crippen molar-refractivity contribution in [2.45, 2.75) is 13.0 Å². The monoisotopic (exact) mass is 336 g/mol. The molecule has 1 heterocycles. The van der Waals surface area contributed by atoms with Crippen LogP contribution in [0.25, 0.3) is 5.69 Å². The Morgan fingerprint density at radius 1 is 1.08 bits per heavy atom. The number of nitrogens with two attached hydrogens (primary N) is 1. The van der Waals surface area contributed by atoms with Gasteiger partial charge < -0.3 is 10.6 Å². The minimum absolute atomic E-state index is 0.0134. The smallest absolute Gasteiger partial charge is 0.254 e. The molecular formula is C18H20N6O. The van der Waals surface area contributed by atoms with Crippen LogP contribution in [0.5, 0.6) is 0 Å². The number of benzene rings is 2. The average Bonchev–Trinajstić information content (AvgIpc) is 3.20. The van der Waals surface area contributed by atoms with E-state index in [-0.39, 0.29) is 5.91 Å². The molecule has 128 valence electrons. The standard InChI is InChI=1S/C18H20N6O/c19-11-4-12-23(13-15-5-2-1-3-6-15)18(25)16-7-9-17(10-8-16)24-14-20-21-22-24/h1-3,5-10,14H,4,11-13,19H2. The Hall–Kier alpha value is -3.06. The molecule has 3 aromatic rings. The van der Waals surface area contributed by atoms with Gasteiger partial charge in [-0.3, -0.25) is 4.79 Å². The van der Waals surface area contributed by atoms with Crippen molar-refractivity contribution < 1.29 is 4.79 Å². The number of carbonyl (C=O) groups excluding carboxylic acids is 1. The van der Waals surface area contributed by atoms with Crippen molar-refractivity contribution in [3.63, 3.8) is 0 Å². The summed E-state index contributed by atoms with van der Waals surface area (Å²) in [6, 6.07) is 17.2. The lowest BCUT2D eigenvalue weighted by Gasteiger charge is -2.23. The molecule has 0 aliphatic carbocycles. The van der Waals surface area contributed by atoms with Crippen molar-refractivity contribution >= 4 is 5.91 Å². The van der Waals surface area contributed by atoms with Crippen LogP contribution in [-0.4, -0.2) is 44.1 Å². The van der Waals surface area contributed by atoms with Crippen molar-refractivity contribution in [2.75, 3.05) is 13.1 Å². The van der Waals surface area contributed by atoms with Gasteiger partial charge >= 0.3 is 0 Å². The van der Waals surface area contributed by atoms with Gasteiger partial charge in [0.05, 0.1) is 5.69 Å². The van der Waals surface area contributed by atoms with Gasteiger partial charge in [-0.05, 0) is 53.2 Å². The second-order valence-corrected chi connectivity index (χ2v) is 5.66. The number of rotatable bonds is 7. The molecule has 7 heteroatoms. The van der Waals surface area contributed by atoms with Gasteiger partial charge in [-0.25, -0.2) is 4.68 Å². The second kappa shape index (κ2) is 8.16. The second-order valence-electron chi connectivity index (χ2n) is 5.66. The first kappa shape index (κ1) is 16.8. The third-order valence-electron chi connectivity index (χ3n) is 3.86. The predicted molar refractivity (Wildman–Crippen MR) is 94.0 cm³/mol. The molecule has 1 amide bonds. The van der Waals surface area contributed by atoms with E-state index in [2.05, 4.69) is 15.5 Å². The minimum Gasteiger partial charge on any atom is -0.334 e. The highest BCUT2D eigenvalue weighted by Crippen LogP contribution is 2.13. The summed E-state index contributed by atoms with van der Waals surface area (Å²) in [7, 11) is 0. The number of amides is 1. The molecule has 0 saturated carbocycles. The molecular weight excluding hydrogens is 316 g/mol. The molecule has 1 aromatic heterocycles. The topological polar surface area (TPSA) is 89.9 Å². The fourth-order valence-corrected chi connectivity index (χ4v) is 2.56. The van der Waals surface area contributed by atoms with Gasteiger partial charge in [0.2, 0.25) is 0 Å². The van der Waals surface area contributed by atoms with Crippen LogP contribution in [0.1, 0.15) is 22.3 Å². The van der Waals surface area contributed by atoms with Crippen LogP contribution in [-0.2, 0) is 6.54 Å². The van der Waals surface area contributed by atoms with E-state index >= 15 is 0 Å². The Morgan fingerprint density at radius 3 is 2.48 bits per heavy atom. The average molecular weight is 336 g/mol. The van der Waals surface area contributed by atoms with Crippen LogP contribution < -0.4 is 5.73 Å². The van der Waals surface area contributed by atoms with Crippen LogP contribution in [0.15, 0.2) is 60.9 Å². The fraction of sp³-hybridized carbons (Fsp3) is 0.222. The molecule has 0 unspecified atom stereocenters. The van der Waals surface area contributed by atoms with Crippen molar-refractivity contribution in [1.82, 2.24) is 25.1 Å². The number of carbonyl (C=O) groups is 1. The van der Waals surface area contributed by atoms with Crippen LogP contribution in [0.2, 0.25) is 0 Å². The first-order valence-corrected chi connectivity index (χ1v) is 8.14. The molecule has 25 heavy (non-hydrogen) atoms. The van der Waals surface area contributed by atoms with E-state index in [4.69, 9.17) is 5.73 Å². The molecule has 7 nitrogen and oxygen atoms in total. The quantitative estimate of drug-likeness (QED) is 0.708. The largest absolute Gasteiger partial charge is 0.334 e. The highest BCUT2D eigenvalue weighted by molar-refractivity contribution is 5.94. The van der Waals surface area contributed by atoms with Gasteiger partial charge in [-0.1, -0.05) is 30.3 Å². The van der Waals surface area contributed by atoms with Gasteiger partial charge in [0.25, 0.3) is 5.91 Å². The van der Waals surface area contributed by atoms with Gasteiger partial charge in [0, 0.05) is 18.7 Å². The lowest BCUT2D eigenvalue weighted by Crippen LogP contribution is -2.32. The minimum atomic E-state index is -0.0134. The maximum absolute atomic E-state index is 12.9. The van der Waals surface area contributed by atoms with Crippen LogP contribution >= 0.6 is 0 Å². The highest BCUT2D eigenvalue weighted by atomic mass is 16.2. The van der Waals surface area contributed by atoms with E-state index in [0.717, 1.165) is 17.7 Å². The lowest BCUT2D eigenvalue weighted by atomic mass is 10.1. The Balaban J connectivity index is 1.76. The predicted octanol–water partition coefficient (Wildman–Crippen LogP) is 1.65. The molecule has 0 aliphatic heterocycles. The first-order chi connectivity index (χ1) is 12.3. The van der Waals surface area contributed by atoms with E-state index in [9.17, 15) is 4.79 Å². The lowest BCUT2D eigenvalue weighted by molar-refractivity contribution is 0.0742. The van der Waals surface area contributed by atoms with Crippen LogP contribution in [0.3, 0.4) is 0 Å². The van der Waals surface area contributed by atoms with E-state index in [1.165, 1.54) is 6.33 Å². The number of tetrazole rings is 1. The molecule has 2 N–H and O–H groups in total.